The van der Waals surface area contributed by atoms with E-state index in [1.54, 1.807) is 24.3 Å². The van der Waals surface area contributed by atoms with Crippen molar-refractivity contribution in [2.24, 2.45) is 0 Å². The number of nitro groups is 1. The van der Waals surface area contributed by atoms with Crippen LogP contribution >= 0.6 is 15.9 Å². The summed E-state index contributed by atoms with van der Waals surface area (Å²) >= 11 is 3.25. The number of hydrogen-bond acceptors (Lipinski definition) is 4. The number of nitrogens with one attached hydrogen (secondary N) is 2. The second kappa shape index (κ2) is 7.01. The molecule has 2 aromatic carbocycles. The van der Waals surface area contributed by atoms with E-state index in [1.807, 2.05) is 0 Å². The monoisotopic (exact) mass is 377 g/mol. The Hall–Kier alpha value is -2.74. The van der Waals surface area contributed by atoms with Gasteiger partial charge in [0.05, 0.1) is 4.92 Å². The second-order valence-corrected chi connectivity index (χ2v) is 5.56. The maximum atomic E-state index is 12.1. The molecule has 0 heterocycles. The van der Waals surface area contributed by atoms with E-state index in [1.165, 1.54) is 25.1 Å². The summed E-state index contributed by atoms with van der Waals surface area (Å²) in [5, 5.41) is 11.1. The summed E-state index contributed by atoms with van der Waals surface area (Å²) in [4.78, 5) is 34.4. The van der Waals surface area contributed by atoms with Crippen molar-refractivity contribution < 1.29 is 14.5 Å². The normalized spacial score (nSPS) is 10.0. The molecule has 2 aromatic rings. The van der Waals surface area contributed by atoms with Gasteiger partial charge in [0, 0.05) is 15.6 Å². The number of para-hydroxylation sites is 1. The topological polar surface area (TPSA) is 101 Å². The Balaban J connectivity index is 2.11. The van der Waals surface area contributed by atoms with Gasteiger partial charge in [-0.25, -0.2) is 0 Å². The predicted octanol–water partition coefficient (Wildman–Crippen LogP) is 2.74. The van der Waals surface area contributed by atoms with Gasteiger partial charge in [0.1, 0.15) is 5.56 Å². The van der Waals surface area contributed by atoms with Crippen molar-refractivity contribution in [3.8, 4) is 0 Å². The maximum absolute atomic E-state index is 12.1. The van der Waals surface area contributed by atoms with Crippen LogP contribution in [0.15, 0.2) is 46.9 Å². The third-order valence-electron chi connectivity index (χ3n) is 3.06. The Kier molecular flexibility index (Phi) is 5.07. The van der Waals surface area contributed by atoms with E-state index in [-0.39, 0.29) is 11.3 Å². The van der Waals surface area contributed by atoms with Crippen LogP contribution in [0.2, 0.25) is 0 Å². The molecule has 2 amide bonds. The predicted molar refractivity (Wildman–Crippen MR) is 86.9 cm³/mol. The van der Waals surface area contributed by atoms with Gasteiger partial charge >= 0.3 is 0 Å². The van der Waals surface area contributed by atoms with Crippen LogP contribution in [0.5, 0.6) is 0 Å². The number of nitro benzene ring substituents is 1. The largest absolute Gasteiger partial charge is 0.285 e. The van der Waals surface area contributed by atoms with Crippen LogP contribution in [0.1, 0.15) is 26.3 Å². The fourth-order valence-electron chi connectivity index (χ4n) is 1.94. The number of hydrazine groups is 1. The van der Waals surface area contributed by atoms with E-state index in [4.69, 9.17) is 0 Å². The molecular weight excluding hydrogens is 366 g/mol. The minimum absolute atomic E-state index is 0.119. The number of carbonyl (C=O) groups is 2. The molecule has 7 nitrogen and oxygen atoms in total. The maximum Gasteiger partial charge on any atom is 0.285 e. The van der Waals surface area contributed by atoms with E-state index in [0.29, 0.717) is 11.1 Å². The summed E-state index contributed by atoms with van der Waals surface area (Å²) < 4.78 is 0.813. The van der Waals surface area contributed by atoms with Gasteiger partial charge in [-0.2, -0.15) is 0 Å². The van der Waals surface area contributed by atoms with Crippen molar-refractivity contribution in [2.45, 2.75) is 6.92 Å². The average molecular weight is 378 g/mol. The van der Waals surface area contributed by atoms with Crippen LogP contribution in [0.4, 0.5) is 5.69 Å². The molecule has 0 aliphatic rings. The van der Waals surface area contributed by atoms with Gasteiger partial charge < -0.3 is 0 Å². The number of carbonyl (C=O) groups excluding carboxylic acids is 2. The number of rotatable bonds is 3. The summed E-state index contributed by atoms with van der Waals surface area (Å²) in [6, 6.07) is 10.9. The zero-order valence-corrected chi connectivity index (χ0v) is 13.6. The summed E-state index contributed by atoms with van der Waals surface area (Å²) in [6.07, 6.45) is 0. The molecule has 0 aliphatic carbocycles. The fourth-order valence-corrected chi connectivity index (χ4v) is 2.20. The first-order valence-corrected chi connectivity index (χ1v) is 7.29. The molecule has 118 valence electrons. The first-order valence-electron chi connectivity index (χ1n) is 6.50. The highest BCUT2D eigenvalue weighted by atomic mass is 79.9. The highest BCUT2D eigenvalue weighted by molar-refractivity contribution is 9.10. The average Bonchev–Trinajstić information content (AvgIpc) is 2.52. The van der Waals surface area contributed by atoms with Gasteiger partial charge in [-0.05, 0) is 37.3 Å². The van der Waals surface area contributed by atoms with Gasteiger partial charge in [-0.15, -0.1) is 0 Å². The van der Waals surface area contributed by atoms with E-state index < -0.39 is 16.7 Å². The molecule has 0 aliphatic heterocycles. The summed E-state index contributed by atoms with van der Waals surface area (Å²) in [7, 11) is 0. The molecule has 0 spiro atoms. The molecule has 0 fully saturated rings. The molecule has 8 heteroatoms. The molecule has 2 N–H and O–H groups in total. The van der Waals surface area contributed by atoms with E-state index in [9.17, 15) is 19.7 Å². The van der Waals surface area contributed by atoms with Gasteiger partial charge in [0.2, 0.25) is 0 Å². The molecule has 0 unspecified atom stereocenters. The van der Waals surface area contributed by atoms with Crippen molar-refractivity contribution in [2.75, 3.05) is 0 Å². The standard InChI is InChI=1S/C15H12BrN3O4/c1-9-3-2-4-12(13(9)19(22)23)15(21)18-17-14(20)10-5-7-11(16)8-6-10/h2-8H,1H3,(H,17,20)(H,18,21). The van der Waals surface area contributed by atoms with Crippen LogP contribution < -0.4 is 10.9 Å². The lowest BCUT2D eigenvalue weighted by Gasteiger charge is -2.08. The second-order valence-electron chi connectivity index (χ2n) is 4.64. The number of halogens is 1. The minimum Gasteiger partial charge on any atom is -0.267 e. The van der Waals surface area contributed by atoms with Crippen molar-refractivity contribution in [1.82, 2.24) is 10.9 Å². The number of hydrogen-bond donors (Lipinski definition) is 2. The quantitative estimate of drug-likeness (QED) is 0.633. The number of aryl methyl sites for hydroxylation is 1. The Bertz CT molecular complexity index is 775. The van der Waals surface area contributed by atoms with E-state index in [2.05, 4.69) is 26.8 Å². The zero-order chi connectivity index (χ0) is 17.0. The number of nitrogens with zero attached hydrogens (tertiary/aromatic N) is 1. The summed E-state index contributed by atoms with van der Waals surface area (Å²) in [6.45, 7) is 1.54. The van der Waals surface area contributed by atoms with Crippen molar-refractivity contribution >= 4 is 33.4 Å². The van der Waals surface area contributed by atoms with Crippen molar-refractivity contribution in [3.05, 3.63) is 73.7 Å². The Morgan fingerprint density at radius 2 is 1.65 bits per heavy atom. The number of amides is 2. The van der Waals surface area contributed by atoms with Crippen LogP contribution in [-0.4, -0.2) is 16.7 Å². The molecular formula is C15H12BrN3O4. The highest BCUT2D eigenvalue weighted by Gasteiger charge is 2.22. The fraction of sp³-hybridized carbons (Fsp3) is 0.0667. The minimum atomic E-state index is -0.758. The summed E-state index contributed by atoms with van der Waals surface area (Å²) in [5.74, 6) is -1.29. The lowest BCUT2D eigenvalue weighted by molar-refractivity contribution is -0.385. The summed E-state index contributed by atoms with van der Waals surface area (Å²) in [5.41, 5.74) is 4.70. The van der Waals surface area contributed by atoms with E-state index >= 15 is 0 Å². The van der Waals surface area contributed by atoms with Crippen molar-refractivity contribution in [1.29, 1.82) is 0 Å². The highest BCUT2D eigenvalue weighted by Crippen LogP contribution is 2.22. The lowest BCUT2D eigenvalue weighted by atomic mass is 10.1. The molecule has 0 saturated heterocycles. The van der Waals surface area contributed by atoms with Gasteiger partial charge in [-0.3, -0.25) is 30.6 Å². The van der Waals surface area contributed by atoms with Crippen LogP contribution in [-0.2, 0) is 0 Å². The molecule has 0 atom stereocenters. The Morgan fingerprint density at radius 3 is 2.26 bits per heavy atom. The van der Waals surface area contributed by atoms with Gasteiger partial charge in [0.15, 0.2) is 0 Å². The molecule has 0 aromatic heterocycles. The molecule has 0 bridgehead atoms. The van der Waals surface area contributed by atoms with Crippen molar-refractivity contribution in [3.63, 3.8) is 0 Å². The van der Waals surface area contributed by atoms with Gasteiger partial charge in [-0.1, -0.05) is 28.1 Å². The third-order valence-corrected chi connectivity index (χ3v) is 3.59. The molecule has 0 saturated carbocycles. The SMILES string of the molecule is Cc1cccc(C(=O)NNC(=O)c2ccc(Br)cc2)c1[N+](=O)[O-]. The van der Waals surface area contributed by atoms with Crippen LogP contribution in [0, 0.1) is 17.0 Å². The lowest BCUT2D eigenvalue weighted by Crippen LogP contribution is -2.41. The van der Waals surface area contributed by atoms with Crippen LogP contribution in [0.25, 0.3) is 0 Å². The number of benzene rings is 2. The third kappa shape index (κ3) is 3.92. The Morgan fingerprint density at radius 1 is 1.04 bits per heavy atom. The molecule has 2 rings (SSSR count). The molecule has 0 radical (unpaired) electrons. The van der Waals surface area contributed by atoms with Gasteiger partial charge in [0.25, 0.3) is 17.5 Å². The van der Waals surface area contributed by atoms with E-state index in [0.717, 1.165) is 4.47 Å². The first kappa shape index (κ1) is 16.6. The van der Waals surface area contributed by atoms with Crippen LogP contribution in [0.3, 0.4) is 0 Å². The smallest absolute Gasteiger partial charge is 0.267 e. The molecule has 23 heavy (non-hydrogen) atoms. The zero-order valence-electron chi connectivity index (χ0n) is 12.0. The first-order chi connectivity index (χ1) is 10.9. The Labute approximate surface area is 139 Å².